The number of hydrogen-bond acceptors (Lipinski definition) is 6. The van der Waals surface area contributed by atoms with Crippen molar-refractivity contribution in [2.24, 2.45) is 22.7 Å². The number of alkyl halides is 9. The lowest BCUT2D eigenvalue weighted by Crippen LogP contribution is -2.35. The molecule has 53 heavy (non-hydrogen) atoms. The molecule has 0 bridgehead atoms. The summed E-state index contributed by atoms with van der Waals surface area (Å²) in [4.78, 5) is 17.6. The van der Waals surface area contributed by atoms with Gasteiger partial charge in [-0.1, -0.05) is 64.8 Å². The zero-order chi connectivity index (χ0) is 40.6. The number of ether oxygens (including phenoxy) is 1. The van der Waals surface area contributed by atoms with Gasteiger partial charge in [0.25, 0.3) is 0 Å². The molecule has 1 aliphatic carbocycles. The first-order valence-electron chi connectivity index (χ1n) is 17.2. The Balaban J connectivity index is 0.000000650. The van der Waals surface area contributed by atoms with E-state index in [1.807, 2.05) is 20.8 Å². The van der Waals surface area contributed by atoms with Gasteiger partial charge in [-0.05, 0) is 62.3 Å². The van der Waals surface area contributed by atoms with Crippen molar-refractivity contribution in [1.82, 2.24) is 21.5 Å². The number of benzene rings is 1. The number of rotatable bonds is 14. The van der Waals surface area contributed by atoms with Crippen molar-refractivity contribution in [1.29, 1.82) is 0 Å². The first-order chi connectivity index (χ1) is 24.6. The molecule has 9 nitrogen and oxygen atoms in total. The predicted molar refractivity (Wildman–Crippen MR) is 186 cm³/mol. The van der Waals surface area contributed by atoms with Crippen molar-refractivity contribution in [2.75, 3.05) is 25.0 Å². The minimum absolute atomic E-state index is 0.0559. The van der Waals surface area contributed by atoms with Crippen LogP contribution >= 0.6 is 0 Å². The summed E-state index contributed by atoms with van der Waals surface area (Å²) >= 11 is 0. The number of nitrogens with one attached hydrogen (secondary N) is 3. The Bertz CT molecular complexity index is 1410. The van der Waals surface area contributed by atoms with Crippen LogP contribution in [0.4, 0.5) is 45.2 Å². The van der Waals surface area contributed by atoms with Gasteiger partial charge in [0, 0.05) is 37.8 Å². The molecule has 1 aromatic rings. The van der Waals surface area contributed by atoms with E-state index in [9.17, 15) is 44.3 Å². The zero-order valence-corrected chi connectivity index (χ0v) is 30.9. The molecule has 18 heteroatoms. The maximum Gasteiger partial charge on any atom is 0.573 e. The van der Waals surface area contributed by atoms with Crippen LogP contribution in [-0.4, -0.2) is 61.0 Å². The number of hydrogen-bond donors (Lipinski definition) is 4. The lowest BCUT2D eigenvalue weighted by Gasteiger charge is -2.31. The van der Waals surface area contributed by atoms with Gasteiger partial charge in [-0.2, -0.15) is 26.3 Å². The molecule has 0 aromatic heterocycles. The minimum atomic E-state index is -4.78. The second kappa shape index (κ2) is 21.7. The second-order valence-corrected chi connectivity index (χ2v) is 12.3. The fourth-order valence-corrected chi connectivity index (χ4v) is 5.29. The molecule has 1 heterocycles. The number of guanidine groups is 1. The van der Waals surface area contributed by atoms with E-state index in [2.05, 4.69) is 44.9 Å². The van der Waals surface area contributed by atoms with Crippen LogP contribution in [0.5, 0.6) is 5.75 Å². The maximum atomic E-state index is 12.8. The Morgan fingerprint density at radius 2 is 1.74 bits per heavy atom. The number of anilines is 1. The fraction of sp³-hybridized carbons (Fsp3) is 0.600. The number of carboxylic acid groups (broad SMARTS) is 1. The summed E-state index contributed by atoms with van der Waals surface area (Å²) in [6, 6.07) is 4.38. The van der Waals surface area contributed by atoms with Crippen LogP contribution in [-0.2, 0) is 11.3 Å². The van der Waals surface area contributed by atoms with E-state index in [0.717, 1.165) is 44.0 Å². The third-order valence-electron chi connectivity index (χ3n) is 7.80. The van der Waals surface area contributed by atoms with Gasteiger partial charge in [0.1, 0.15) is 5.75 Å². The number of halogens is 9. The minimum Gasteiger partial charge on any atom is -0.481 e. The van der Waals surface area contributed by atoms with Gasteiger partial charge < -0.3 is 14.7 Å². The van der Waals surface area contributed by atoms with Crippen molar-refractivity contribution in [3.8, 4) is 5.75 Å². The van der Waals surface area contributed by atoms with Crippen LogP contribution in [0.2, 0.25) is 0 Å². The molecule has 3 atom stereocenters. The van der Waals surface area contributed by atoms with Crippen molar-refractivity contribution >= 4 is 17.6 Å². The zero-order valence-electron chi connectivity index (χ0n) is 30.9. The second-order valence-electron chi connectivity index (χ2n) is 12.3. The molecule has 0 amide bonds. The van der Waals surface area contributed by atoms with Crippen LogP contribution in [0.3, 0.4) is 0 Å². The van der Waals surface area contributed by atoms with Crippen molar-refractivity contribution in [3.63, 3.8) is 0 Å². The van der Waals surface area contributed by atoms with E-state index in [0.29, 0.717) is 42.2 Å². The van der Waals surface area contributed by atoms with E-state index in [4.69, 9.17) is 5.11 Å². The Morgan fingerprint density at radius 1 is 1.08 bits per heavy atom. The van der Waals surface area contributed by atoms with Gasteiger partial charge in [-0.15, -0.1) is 23.8 Å². The summed E-state index contributed by atoms with van der Waals surface area (Å²) in [5.74, 6) is -2.20. The largest absolute Gasteiger partial charge is 0.573 e. The summed E-state index contributed by atoms with van der Waals surface area (Å²) in [7, 11) is 1.74. The molecule has 0 radical (unpaired) electrons. The molecule has 1 aliphatic heterocycles. The van der Waals surface area contributed by atoms with Crippen LogP contribution < -0.4 is 26.0 Å². The number of hydrazine groups is 3. The molecule has 1 unspecified atom stereocenters. The maximum absolute atomic E-state index is 12.8. The average molecular weight is 775 g/mol. The highest BCUT2D eigenvalue weighted by Gasteiger charge is 2.39. The number of nitrogens with zero attached hydrogens (tertiary/aromatic N) is 3. The molecule has 1 fully saturated rings. The standard InChI is InChI=1S/C23H37F3N6O3.C10H8F6.C2H6/c1-5-11-32(15-17(6-2)8-7-16(3)12-21(33)34)20-10-9-19(35-23(24,25)26)13-18(20)14-27-22-28-30-31(4)29-22;1-6-4-7(9(11,12)13)2-3-8(5-6)10(14,15)16;1-2/h9-10,13,16-17,30H,5-8,11-12,14-15H2,1-4H3,(H,33,34)(H2,27,28,29);2-5,7H,1H3;1-2H3/t16-,17-;;/m0../s1. The van der Waals surface area contributed by atoms with Gasteiger partial charge >= 0.3 is 24.7 Å². The number of aliphatic imine (C=N–C) groups is 1. The molecular formula is C35H51F9N6O3. The first-order valence-corrected chi connectivity index (χ1v) is 17.2. The molecular weight excluding hydrogens is 723 g/mol. The van der Waals surface area contributed by atoms with E-state index in [1.165, 1.54) is 19.1 Å². The Labute approximate surface area is 304 Å². The summed E-state index contributed by atoms with van der Waals surface area (Å²) in [6.07, 6.45) is -7.94. The van der Waals surface area contributed by atoms with Crippen LogP contribution in [0, 0.1) is 17.8 Å². The highest BCUT2D eigenvalue weighted by Crippen LogP contribution is 2.35. The van der Waals surface area contributed by atoms with Crippen LogP contribution in [0.25, 0.3) is 0 Å². The SMILES string of the molecule is CC.CC1=CC(C(F)(F)F)C=CC(C(F)(F)F)=C1.CCCN(C[C@@H](CC)CC[C@H](C)CC(=O)O)c1ccc(OC(F)(F)F)cc1CN=C1NNN(C)N1. The number of carboxylic acids is 1. The van der Waals surface area contributed by atoms with Crippen molar-refractivity contribution in [2.45, 2.75) is 98.9 Å². The molecule has 2 aliphatic rings. The van der Waals surface area contributed by atoms with E-state index >= 15 is 0 Å². The average Bonchev–Trinajstić information content (AvgIpc) is 3.34. The third-order valence-corrected chi connectivity index (χ3v) is 7.80. The molecule has 0 spiro atoms. The topological polar surface area (TPSA) is 101 Å². The summed E-state index contributed by atoms with van der Waals surface area (Å²) in [6.45, 7) is 12.9. The van der Waals surface area contributed by atoms with Gasteiger partial charge in [0.2, 0.25) is 5.96 Å². The number of aliphatic carboxylic acids is 1. The van der Waals surface area contributed by atoms with Crippen molar-refractivity contribution < 1.29 is 54.2 Å². The van der Waals surface area contributed by atoms with E-state index in [-0.39, 0.29) is 30.2 Å². The smallest absolute Gasteiger partial charge is 0.481 e. The quantitative estimate of drug-likeness (QED) is 0.139. The van der Waals surface area contributed by atoms with E-state index in [1.54, 1.807) is 18.2 Å². The summed E-state index contributed by atoms with van der Waals surface area (Å²) < 4.78 is 117. The third kappa shape index (κ3) is 18.1. The van der Waals surface area contributed by atoms with E-state index < -0.39 is 36.2 Å². The van der Waals surface area contributed by atoms with Gasteiger partial charge in [-0.3, -0.25) is 15.6 Å². The number of allylic oxidation sites excluding steroid dienone is 6. The van der Waals surface area contributed by atoms with Crippen LogP contribution in [0.15, 0.2) is 58.6 Å². The molecule has 1 aromatic carbocycles. The molecule has 3 rings (SSSR count). The number of carbonyl (C=O) groups is 1. The lowest BCUT2D eigenvalue weighted by molar-refractivity contribution is -0.274. The first kappa shape index (κ1) is 47.1. The monoisotopic (exact) mass is 774 g/mol. The predicted octanol–water partition coefficient (Wildman–Crippen LogP) is 9.23. The molecule has 1 saturated heterocycles. The summed E-state index contributed by atoms with van der Waals surface area (Å²) in [5.41, 5.74) is 8.84. The Hall–Kier alpha value is -3.93. The van der Waals surface area contributed by atoms with Crippen LogP contribution in [0.1, 0.15) is 79.2 Å². The van der Waals surface area contributed by atoms with Gasteiger partial charge in [0.05, 0.1) is 18.0 Å². The normalized spacial score (nSPS) is 18.2. The van der Waals surface area contributed by atoms with Crippen molar-refractivity contribution in [3.05, 3.63) is 59.2 Å². The Kier molecular flexibility index (Phi) is 19.3. The molecule has 302 valence electrons. The molecule has 0 saturated carbocycles. The summed E-state index contributed by atoms with van der Waals surface area (Å²) in [5, 5.41) is 10.6. The lowest BCUT2D eigenvalue weighted by atomic mass is 9.92. The highest BCUT2D eigenvalue weighted by molar-refractivity contribution is 5.80. The fourth-order valence-electron chi connectivity index (χ4n) is 5.29. The van der Waals surface area contributed by atoms with Gasteiger partial charge in [0.15, 0.2) is 0 Å². The molecule has 4 N–H and O–H groups in total. The van der Waals surface area contributed by atoms with Gasteiger partial charge in [-0.25, -0.2) is 4.99 Å². The highest BCUT2D eigenvalue weighted by atomic mass is 19.4. The Morgan fingerprint density at radius 3 is 2.25 bits per heavy atom.